The number of nitrogens with zero attached hydrogens (tertiary/aromatic N) is 6. The van der Waals surface area contributed by atoms with E-state index in [0.717, 1.165) is 22.3 Å². The van der Waals surface area contributed by atoms with Crippen LogP contribution in [0.5, 0.6) is 0 Å². The zero-order chi connectivity index (χ0) is 14.1. The van der Waals surface area contributed by atoms with Crippen LogP contribution in [0.4, 0.5) is 0 Å². The molecular formula is C13H13N6P. The average Bonchev–Trinajstić information content (AvgIpc) is 3.07. The van der Waals surface area contributed by atoms with Gasteiger partial charge in [-0.15, -0.1) is 0 Å². The predicted molar refractivity (Wildman–Crippen MR) is 78.8 cm³/mol. The second-order valence-electron chi connectivity index (χ2n) is 4.60. The smallest absolute Gasteiger partial charge is 0.146 e. The van der Waals surface area contributed by atoms with Gasteiger partial charge in [-0.05, 0) is 22.4 Å². The Balaban J connectivity index is 2.06. The molecule has 0 aliphatic carbocycles. The molecule has 0 bridgehead atoms. The monoisotopic (exact) mass is 284 g/mol. The zero-order valence-corrected chi connectivity index (χ0v) is 12.1. The van der Waals surface area contributed by atoms with Crippen molar-refractivity contribution in [3.8, 4) is 17.3 Å². The molecule has 0 N–H and O–H groups in total. The molecule has 0 amide bonds. The van der Waals surface area contributed by atoms with Gasteiger partial charge in [0.15, 0.2) is 0 Å². The van der Waals surface area contributed by atoms with Gasteiger partial charge in [-0.3, -0.25) is 4.68 Å². The van der Waals surface area contributed by atoms with Crippen LogP contribution in [0.25, 0.3) is 22.3 Å². The van der Waals surface area contributed by atoms with E-state index < -0.39 is 0 Å². The summed E-state index contributed by atoms with van der Waals surface area (Å²) in [6.45, 7) is 1.97. The van der Waals surface area contributed by atoms with Crippen LogP contribution in [0.2, 0.25) is 0 Å². The summed E-state index contributed by atoms with van der Waals surface area (Å²) in [5.41, 5.74) is 2.64. The van der Waals surface area contributed by atoms with Crippen LogP contribution in [0, 0.1) is 11.3 Å². The second-order valence-corrected chi connectivity index (χ2v) is 5.16. The van der Waals surface area contributed by atoms with Gasteiger partial charge in [0, 0.05) is 23.3 Å². The van der Waals surface area contributed by atoms with Crippen LogP contribution in [0.3, 0.4) is 0 Å². The third kappa shape index (κ3) is 2.06. The van der Waals surface area contributed by atoms with E-state index in [1.165, 1.54) is 0 Å². The van der Waals surface area contributed by atoms with Crippen molar-refractivity contribution in [1.29, 1.82) is 5.26 Å². The normalized spacial score (nSPS) is 12.4. The lowest BCUT2D eigenvalue weighted by molar-refractivity contribution is 0.500. The van der Waals surface area contributed by atoms with Crippen molar-refractivity contribution in [2.75, 3.05) is 0 Å². The summed E-state index contributed by atoms with van der Waals surface area (Å²) in [6.07, 6.45) is 7.60. The molecule has 6 nitrogen and oxygen atoms in total. The van der Waals surface area contributed by atoms with Gasteiger partial charge in [0.05, 0.1) is 30.4 Å². The molecule has 2 unspecified atom stereocenters. The van der Waals surface area contributed by atoms with E-state index in [1.807, 2.05) is 29.7 Å². The molecule has 0 saturated heterocycles. The van der Waals surface area contributed by atoms with Crippen molar-refractivity contribution in [3.05, 3.63) is 31.0 Å². The fourth-order valence-corrected chi connectivity index (χ4v) is 2.42. The molecule has 0 saturated carbocycles. The molecule has 3 aromatic rings. The molecule has 0 aliphatic heterocycles. The lowest BCUT2D eigenvalue weighted by atomic mass is 10.2. The summed E-state index contributed by atoms with van der Waals surface area (Å²) < 4.78 is 3.67. The van der Waals surface area contributed by atoms with E-state index in [9.17, 15) is 0 Å². The minimum absolute atomic E-state index is 0.0532. The number of fused-ring (bicyclic) bond motifs is 1. The number of hydrogen-bond donors (Lipinski definition) is 0. The molecule has 3 aromatic heterocycles. The van der Waals surface area contributed by atoms with Crippen LogP contribution >= 0.6 is 9.39 Å². The standard InChI is InChI=1S/C13H13N6P/c1-9(2-4-14)18-7-10(6-17-18)12-11-3-5-19(20)13(11)16-8-15-12/h3,5-9H,2,20H2,1H3. The highest BCUT2D eigenvalue weighted by Crippen LogP contribution is 2.27. The minimum Gasteiger partial charge on any atom is -0.317 e. The molecule has 2 atom stereocenters. The van der Waals surface area contributed by atoms with Crippen molar-refractivity contribution in [2.24, 2.45) is 0 Å². The van der Waals surface area contributed by atoms with Crippen LogP contribution in [-0.2, 0) is 0 Å². The average molecular weight is 284 g/mol. The fourth-order valence-electron chi connectivity index (χ4n) is 2.13. The van der Waals surface area contributed by atoms with Gasteiger partial charge in [0.25, 0.3) is 0 Å². The molecule has 3 rings (SSSR count). The van der Waals surface area contributed by atoms with Crippen molar-refractivity contribution >= 4 is 20.4 Å². The van der Waals surface area contributed by atoms with Crippen LogP contribution in [-0.4, -0.2) is 24.1 Å². The van der Waals surface area contributed by atoms with E-state index >= 15 is 0 Å². The first-order valence-electron chi connectivity index (χ1n) is 6.19. The summed E-state index contributed by atoms with van der Waals surface area (Å²) in [5.74, 6) is 0. The zero-order valence-electron chi connectivity index (χ0n) is 10.9. The lowest BCUT2D eigenvalue weighted by Gasteiger charge is -2.06. The van der Waals surface area contributed by atoms with Crippen molar-refractivity contribution in [3.63, 3.8) is 0 Å². The number of nitriles is 1. The summed E-state index contributed by atoms with van der Waals surface area (Å²) in [5, 5.41) is 14.0. The summed E-state index contributed by atoms with van der Waals surface area (Å²) in [6, 6.07) is 4.19. The Labute approximate surface area is 118 Å². The molecule has 0 fully saturated rings. The predicted octanol–water partition coefficient (Wildman–Crippen LogP) is 2.41. The number of rotatable bonds is 3. The maximum absolute atomic E-state index is 8.75. The SMILES string of the molecule is CC(CC#N)n1cc(-c2ncnc3c2ccn3P)cn1. The third-order valence-electron chi connectivity index (χ3n) is 3.22. The molecule has 0 radical (unpaired) electrons. The van der Waals surface area contributed by atoms with Gasteiger partial charge in [0.2, 0.25) is 0 Å². The lowest BCUT2D eigenvalue weighted by Crippen LogP contribution is -2.04. The Bertz CT molecular complexity index is 797. The van der Waals surface area contributed by atoms with Gasteiger partial charge in [0.1, 0.15) is 12.0 Å². The van der Waals surface area contributed by atoms with Gasteiger partial charge in [-0.25, -0.2) is 9.97 Å². The van der Waals surface area contributed by atoms with E-state index in [1.54, 1.807) is 17.2 Å². The van der Waals surface area contributed by atoms with Crippen molar-refractivity contribution in [2.45, 2.75) is 19.4 Å². The van der Waals surface area contributed by atoms with Gasteiger partial charge in [-0.1, -0.05) is 0 Å². The van der Waals surface area contributed by atoms with E-state index in [4.69, 9.17) is 5.26 Å². The maximum Gasteiger partial charge on any atom is 0.146 e. The first-order chi connectivity index (χ1) is 9.70. The van der Waals surface area contributed by atoms with Crippen LogP contribution in [0.15, 0.2) is 31.0 Å². The molecule has 0 aliphatic rings. The molecule has 20 heavy (non-hydrogen) atoms. The van der Waals surface area contributed by atoms with Crippen LogP contribution < -0.4 is 0 Å². The highest BCUT2D eigenvalue weighted by molar-refractivity contribution is 7.14. The highest BCUT2D eigenvalue weighted by atomic mass is 31.0. The Morgan fingerprint density at radius 1 is 1.45 bits per heavy atom. The summed E-state index contributed by atoms with van der Waals surface area (Å²) in [7, 11) is 2.59. The summed E-state index contributed by atoms with van der Waals surface area (Å²) >= 11 is 0. The van der Waals surface area contributed by atoms with Crippen molar-refractivity contribution in [1.82, 2.24) is 24.1 Å². The van der Waals surface area contributed by atoms with E-state index in [-0.39, 0.29) is 6.04 Å². The molecule has 0 spiro atoms. The van der Waals surface area contributed by atoms with Gasteiger partial charge in [-0.2, -0.15) is 10.4 Å². The molecule has 7 heteroatoms. The molecule has 3 heterocycles. The largest absolute Gasteiger partial charge is 0.317 e. The third-order valence-corrected chi connectivity index (χ3v) is 3.64. The first kappa shape index (κ1) is 12.8. The molecular weight excluding hydrogens is 271 g/mol. The number of aromatic nitrogens is 5. The van der Waals surface area contributed by atoms with Crippen LogP contribution in [0.1, 0.15) is 19.4 Å². The quantitative estimate of drug-likeness (QED) is 0.692. The Morgan fingerprint density at radius 3 is 3.10 bits per heavy atom. The first-order valence-corrected chi connectivity index (χ1v) is 6.71. The maximum atomic E-state index is 8.75. The molecule has 0 aromatic carbocycles. The topological polar surface area (TPSA) is 72.3 Å². The minimum atomic E-state index is 0.0532. The van der Waals surface area contributed by atoms with Crippen molar-refractivity contribution < 1.29 is 0 Å². The Kier molecular flexibility index (Phi) is 3.21. The summed E-state index contributed by atoms with van der Waals surface area (Å²) in [4.78, 5) is 8.62. The second kappa shape index (κ2) is 5.03. The molecule has 100 valence electrons. The van der Waals surface area contributed by atoms with Gasteiger partial charge >= 0.3 is 0 Å². The van der Waals surface area contributed by atoms with E-state index in [0.29, 0.717) is 6.42 Å². The highest BCUT2D eigenvalue weighted by Gasteiger charge is 2.12. The Hall–Kier alpha value is -2.25. The Morgan fingerprint density at radius 2 is 2.30 bits per heavy atom. The number of hydrogen-bond acceptors (Lipinski definition) is 4. The van der Waals surface area contributed by atoms with E-state index in [2.05, 4.69) is 30.5 Å². The fraction of sp³-hybridized carbons (Fsp3) is 0.231. The van der Waals surface area contributed by atoms with Gasteiger partial charge < -0.3 is 4.34 Å².